The molecule has 0 spiro atoms. The summed E-state index contributed by atoms with van der Waals surface area (Å²) in [6.45, 7) is 14.0. The summed E-state index contributed by atoms with van der Waals surface area (Å²) in [7, 11) is 2.09. The van der Waals surface area contributed by atoms with Gasteiger partial charge < -0.3 is 19.4 Å². The molecule has 4 aromatic rings. The van der Waals surface area contributed by atoms with E-state index in [0.29, 0.717) is 38.2 Å². The Kier molecular flexibility index (Phi) is 11.7. The molecule has 1 aliphatic rings. The highest BCUT2D eigenvalue weighted by atomic mass is 16.5. The Hall–Kier alpha value is -4.49. The minimum Gasteiger partial charge on any atom is -0.488 e. The minimum atomic E-state index is -0.0509. The molecular formula is C41H50N4O3. The standard InChI is InChI=1S/C41H50N4O3/c1-29(2)25-39(46)45-22-12-21-43(6)23-24-44(27-33-15-10-11-16-37(33)45)41(47)34-18-19-36(42-40(34)30(3)4)35-26-31(5)17-20-38(35)48-28-32-13-8-7-9-14-32/h7-11,13-20,26,29-30H,12,21-25,27-28H2,1-6H3. The molecule has 0 unspecified atom stereocenters. The molecule has 0 N–H and O–H groups in total. The Balaban J connectivity index is 1.49. The number of benzene rings is 3. The lowest BCUT2D eigenvalue weighted by molar-refractivity contribution is -0.119. The highest BCUT2D eigenvalue weighted by molar-refractivity contribution is 5.97. The highest BCUT2D eigenvalue weighted by Gasteiger charge is 2.26. The minimum absolute atomic E-state index is 0.0189. The Morgan fingerprint density at radius 2 is 1.60 bits per heavy atom. The van der Waals surface area contributed by atoms with Crippen LogP contribution in [0.5, 0.6) is 5.75 Å². The zero-order chi connectivity index (χ0) is 34.2. The molecular weight excluding hydrogens is 596 g/mol. The summed E-state index contributed by atoms with van der Waals surface area (Å²) in [6.07, 6.45) is 1.35. The SMILES string of the molecule is Cc1ccc(OCc2ccccc2)c(-c2ccc(C(=O)N3CCN(C)CCCN(C(=O)CC(C)C)c4ccccc4C3)c(C(C)C)n2)c1. The van der Waals surface area contributed by atoms with Gasteiger partial charge in [0.1, 0.15) is 12.4 Å². The van der Waals surface area contributed by atoms with E-state index in [2.05, 4.69) is 64.8 Å². The van der Waals surface area contributed by atoms with E-state index in [-0.39, 0.29) is 23.7 Å². The summed E-state index contributed by atoms with van der Waals surface area (Å²) in [5.41, 5.74) is 7.13. The van der Waals surface area contributed by atoms with Gasteiger partial charge in [0, 0.05) is 43.9 Å². The van der Waals surface area contributed by atoms with E-state index in [0.717, 1.165) is 64.6 Å². The van der Waals surface area contributed by atoms with E-state index in [9.17, 15) is 9.59 Å². The maximum atomic E-state index is 14.5. The van der Waals surface area contributed by atoms with E-state index < -0.39 is 0 Å². The summed E-state index contributed by atoms with van der Waals surface area (Å²) >= 11 is 0. The van der Waals surface area contributed by atoms with Crippen LogP contribution < -0.4 is 9.64 Å². The molecule has 2 amide bonds. The topological polar surface area (TPSA) is 66.0 Å². The average Bonchev–Trinajstić information content (AvgIpc) is 3.10. The second-order valence-corrected chi connectivity index (χ2v) is 13.7. The molecule has 0 atom stereocenters. The quantitative estimate of drug-likeness (QED) is 0.194. The van der Waals surface area contributed by atoms with Crippen molar-refractivity contribution < 1.29 is 14.3 Å². The lowest BCUT2D eigenvalue weighted by Gasteiger charge is -2.29. The number of aryl methyl sites for hydroxylation is 1. The first-order chi connectivity index (χ1) is 23.1. The van der Waals surface area contributed by atoms with E-state index in [1.807, 2.05) is 76.5 Å². The van der Waals surface area contributed by atoms with Crippen LogP contribution >= 0.6 is 0 Å². The zero-order valence-electron chi connectivity index (χ0n) is 29.4. The van der Waals surface area contributed by atoms with Crippen LogP contribution in [0.1, 0.15) is 79.2 Å². The maximum absolute atomic E-state index is 14.5. The van der Waals surface area contributed by atoms with Gasteiger partial charge in [-0.2, -0.15) is 0 Å². The molecule has 48 heavy (non-hydrogen) atoms. The second kappa shape index (κ2) is 16.1. The van der Waals surface area contributed by atoms with Crippen molar-refractivity contribution >= 4 is 17.5 Å². The Bertz CT molecular complexity index is 1700. The number of nitrogens with zero attached hydrogens (tertiary/aromatic N) is 4. The van der Waals surface area contributed by atoms with Gasteiger partial charge in [-0.15, -0.1) is 0 Å². The molecule has 3 aromatic carbocycles. The first-order valence-electron chi connectivity index (χ1n) is 17.3. The van der Waals surface area contributed by atoms with E-state index in [4.69, 9.17) is 9.72 Å². The number of para-hydroxylation sites is 1. The van der Waals surface area contributed by atoms with Gasteiger partial charge in [-0.25, -0.2) is 0 Å². The van der Waals surface area contributed by atoms with Gasteiger partial charge in [-0.3, -0.25) is 14.6 Å². The van der Waals surface area contributed by atoms with Crippen molar-refractivity contribution in [3.63, 3.8) is 0 Å². The van der Waals surface area contributed by atoms with E-state index in [1.54, 1.807) is 0 Å². The van der Waals surface area contributed by atoms with Crippen LogP contribution in [-0.2, 0) is 17.9 Å². The first kappa shape index (κ1) is 34.8. The van der Waals surface area contributed by atoms with Crippen LogP contribution in [0.4, 0.5) is 5.69 Å². The third-order valence-corrected chi connectivity index (χ3v) is 8.84. The first-order valence-corrected chi connectivity index (χ1v) is 17.3. The number of ether oxygens (including phenoxy) is 1. The second-order valence-electron chi connectivity index (χ2n) is 13.7. The maximum Gasteiger partial charge on any atom is 0.256 e. The summed E-state index contributed by atoms with van der Waals surface area (Å²) in [4.78, 5) is 39.3. The molecule has 252 valence electrons. The van der Waals surface area contributed by atoms with Crippen LogP contribution in [0.15, 0.2) is 84.9 Å². The number of pyridine rings is 1. The number of hydrogen-bond donors (Lipinski definition) is 0. The van der Waals surface area contributed by atoms with Gasteiger partial charge in [0.15, 0.2) is 0 Å². The van der Waals surface area contributed by atoms with Crippen LogP contribution in [0.25, 0.3) is 11.3 Å². The molecule has 5 rings (SSSR count). The fourth-order valence-corrected chi connectivity index (χ4v) is 6.23. The third kappa shape index (κ3) is 8.70. The number of carbonyl (C=O) groups is 2. The van der Waals surface area contributed by atoms with Crippen molar-refractivity contribution in [1.82, 2.24) is 14.8 Å². The molecule has 1 aliphatic heterocycles. The molecule has 0 aliphatic carbocycles. The van der Waals surface area contributed by atoms with Crippen LogP contribution in [0.3, 0.4) is 0 Å². The number of fused-ring (bicyclic) bond motifs is 1. The van der Waals surface area contributed by atoms with Crippen molar-refractivity contribution in [2.24, 2.45) is 5.92 Å². The Morgan fingerprint density at radius 1 is 0.854 bits per heavy atom. The number of hydrogen-bond acceptors (Lipinski definition) is 5. The van der Waals surface area contributed by atoms with Gasteiger partial charge in [-0.1, -0.05) is 87.9 Å². The van der Waals surface area contributed by atoms with Crippen molar-refractivity contribution in [1.29, 1.82) is 0 Å². The molecule has 2 heterocycles. The number of likely N-dealkylation sites (N-methyl/N-ethyl adjacent to an activating group) is 1. The number of aromatic nitrogens is 1. The normalized spacial score (nSPS) is 14.5. The Morgan fingerprint density at radius 3 is 2.35 bits per heavy atom. The summed E-state index contributed by atoms with van der Waals surface area (Å²) in [6, 6.07) is 28.2. The van der Waals surface area contributed by atoms with Crippen LogP contribution in [0.2, 0.25) is 0 Å². The molecule has 0 radical (unpaired) electrons. The highest BCUT2D eigenvalue weighted by Crippen LogP contribution is 2.33. The van der Waals surface area contributed by atoms with Crippen molar-refractivity contribution in [2.75, 3.05) is 38.1 Å². The summed E-state index contributed by atoms with van der Waals surface area (Å²) in [5.74, 6) is 1.12. The van der Waals surface area contributed by atoms with Crippen molar-refractivity contribution in [2.45, 2.75) is 66.5 Å². The molecule has 7 heteroatoms. The number of anilines is 1. The molecule has 0 fully saturated rings. The van der Waals surface area contributed by atoms with Gasteiger partial charge in [-0.05, 0) is 80.2 Å². The fraction of sp³-hybridized carbons (Fsp3) is 0.390. The lowest BCUT2D eigenvalue weighted by atomic mass is 9.99. The van der Waals surface area contributed by atoms with E-state index >= 15 is 0 Å². The molecule has 7 nitrogen and oxygen atoms in total. The zero-order valence-corrected chi connectivity index (χ0v) is 29.4. The van der Waals surface area contributed by atoms with Crippen LogP contribution in [0, 0.1) is 12.8 Å². The van der Waals surface area contributed by atoms with Crippen molar-refractivity contribution in [3.05, 3.63) is 113 Å². The lowest BCUT2D eigenvalue weighted by Crippen LogP contribution is -2.38. The van der Waals surface area contributed by atoms with Crippen LogP contribution in [-0.4, -0.2) is 59.8 Å². The molecule has 0 bridgehead atoms. The molecule has 0 saturated carbocycles. The van der Waals surface area contributed by atoms with Gasteiger partial charge in [0.2, 0.25) is 5.91 Å². The predicted octanol–water partition coefficient (Wildman–Crippen LogP) is 8.12. The smallest absolute Gasteiger partial charge is 0.256 e. The van der Waals surface area contributed by atoms with E-state index in [1.165, 1.54) is 0 Å². The number of rotatable bonds is 8. The monoisotopic (exact) mass is 646 g/mol. The van der Waals surface area contributed by atoms with Crippen molar-refractivity contribution in [3.8, 4) is 17.0 Å². The predicted molar refractivity (Wildman–Crippen MR) is 194 cm³/mol. The molecule has 1 aromatic heterocycles. The largest absolute Gasteiger partial charge is 0.488 e. The number of amides is 2. The summed E-state index contributed by atoms with van der Waals surface area (Å²) in [5, 5.41) is 0. The average molecular weight is 647 g/mol. The summed E-state index contributed by atoms with van der Waals surface area (Å²) < 4.78 is 6.31. The Labute approximate surface area is 286 Å². The molecule has 0 saturated heterocycles. The van der Waals surface area contributed by atoms with Gasteiger partial charge >= 0.3 is 0 Å². The number of carbonyl (C=O) groups excluding carboxylic acids is 2. The van der Waals surface area contributed by atoms with Gasteiger partial charge in [0.25, 0.3) is 5.91 Å². The fourth-order valence-electron chi connectivity index (χ4n) is 6.23. The van der Waals surface area contributed by atoms with Gasteiger partial charge in [0.05, 0.1) is 17.0 Å². The third-order valence-electron chi connectivity index (χ3n) is 8.84.